The molecular weight excluding hydrogens is 312 g/mol. The van der Waals surface area contributed by atoms with Gasteiger partial charge >= 0.3 is 0 Å². The van der Waals surface area contributed by atoms with E-state index < -0.39 is 5.54 Å². The highest BCUT2D eigenvalue weighted by Crippen LogP contribution is 2.24. The van der Waals surface area contributed by atoms with Crippen LogP contribution in [0.2, 0.25) is 0 Å². The monoisotopic (exact) mass is 340 g/mol. The molecule has 2 rings (SSSR count). The fraction of sp³-hybridized carbons (Fsp3) is 0.381. The third kappa shape index (κ3) is 4.91. The van der Waals surface area contributed by atoms with E-state index in [1.165, 1.54) is 0 Å². The molecule has 2 aromatic rings. The smallest absolute Gasteiger partial charge is 0.183 e. The van der Waals surface area contributed by atoms with Crippen LogP contribution in [0.3, 0.4) is 0 Å². The number of nitrogens with one attached hydrogen (secondary N) is 1. The lowest BCUT2D eigenvalue weighted by molar-refractivity contribution is 0.0719. The van der Waals surface area contributed by atoms with E-state index in [-0.39, 0.29) is 12.4 Å². The Bertz CT molecular complexity index is 668. The van der Waals surface area contributed by atoms with Crippen molar-refractivity contribution in [1.29, 1.82) is 0 Å². The molecule has 0 saturated heterocycles. The number of hydrogen-bond acceptors (Lipinski definition) is 4. The van der Waals surface area contributed by atoms with E-state index in [9.17, 15) is 4.79 Å². The van der Waals surface area contributed by atoms with E-state index in [1.54, 1.807) is 0 Å². The van der Waals surface area contributed by atoms with Crippen LogP contribution in [-0.4, -0.2) is 48.6 Å². The van der Waals surface area contributed by atoms with Gasteiger partial charge in [0.25, 0.3) is 0 Å². The van der Waals surface area contributed by atoms with Gasteiger partial charge in [-0.1, -0.05) is 30.3 Å². The Labute approximate surface area is 150 Å². The van der Waals surface area contributed by atoms with Crippen LogP contribution in [0.1, 0.15) is 29.3 Å². The highest BCUT2D eigenvalue weighted by molar-refractivity contribution is 6.03. The van der Waals surface area contributed by atoms with Crippen LogP contribution < -0.4 is 5.32 Å². The van der Waals surface area contributed by atoms with E-state index in [1.807, 2.05) is 68.4 Å². The summed E-state index contributed by atoms with van der Waals surface area (Å²) in [5, 5.41) is 12.1. The molecule has 2 N–H and O–H groups in total. The lowest BCUT2D eigenvalue weighted by atomic mass is 9.84. The zero-order valence-electron chi connectivity index (χ0n) is 15.3. The second kappa shape index (κ2) is 8.79. The number of carbonyl (C=O) groups excluding carboxylic acids is 1. The molecule has 0 heterocycles. The first-order valence-electron chi connectivity index (χ1n) is 8.68. The van der Waals surface area contributed by atoms with E-state index >= 15 is 0 Å². The third-order valence-corrected chi connectivity index (χ3v) is 4.68. The van der Waals surface area contributed by atoms with E-state index in [0.29, 0.717) is 24.9 Å². The summed E-state index contributed by atoms with van der Waals surface area (Å²) in [4.78, 5) is 15.2. The summed E-state index contributed by atoms with van der Waals surface area (Å²) in [7, 11) is 3.90. The number of Topliss-reactive ketones (excluding diaryl/α,β-unsaturated/α-hetero) is 1. The van der Waals surface area contributed by atoms with Gasteiger partial charge < -0.3 is 10.4 Å². The Morgan fingerprint density at radius 1 is 1.08 bits per heavy atom. The standard InChI is InChI=1S/C21H28N2O2/c1-21(23(2)3,16-17-8-5-4-6-9-17)20(25)18-10-12-19(13-11-18)22-14-7-15-24/h4-6,8-13,22,24H,7,14-16H2,1-3H3. The number of aliphatic hydroxyl groups excluding tert-OH is 1. The molecule has 0 fully saturated rings. The summed E-state index contributed by atoms with van der Waals surface area (Å²) in [6, 6.07) is 17.7. The average Bonchev–Trinajstić information content (AvgIpc) is 2.62. The summed E-state index contributed by atoms with van der Waals surface area (Å²) in [6.45, 7) is 2.88. The van der Waals surface area contributed by atoms with E-state index in [2.05, 4.69) is 17.4 Å². The van der Waals surface area contributed by atoms with Crippen molar-refractivity contribution in [3.8, 4) is 0 Å². The first-order valence-corrected chi connectivity index (χ1v) is 8.68. The number of carbonyl (C=O) groups is 1. The maximum atomic E-state index is 13.2. The molecule has 25 heavy (non-hydrogen) atoms. The molecule has 0 bridgehead atoms. The maximum absolute atomic E-state index is 13.2. The zero-order valence-corrected chi connectivity index (χ0v) is 15.3. The van der Waals surface area contributed by atoms with Crippen LogP contribution in [0.5, 0.6) is 0 Å². The van der Waals surface area contributed by atoms with E-state index in [0.717, 1.165) is 11.3 Å². The molecule has 4 heteroatoms. The zero-order chi connectivity index (χ0) is 18.3. The molecule has 2 aromatic carbocycles. The van der Waals surface area contributed by atoms with Gasteiger partial charge in [0, 0.05) is 24.4 Å². The van der Waals surface area contributed by atoms with Crippen molar-refractivity contribution in [2.45, 2.75) is 25.3 Å². The van der Waals surface area contributed by atoms with E-state index in [4.69, 9.17) is 5.11 Å². The summed E-state index contributed by atoms with van der Waals surface area (Å²) < 4.78 is 0. The van der Waals surface area contributed by atoms with Crippen LogP contribution >= 0.6 is 0 Å². The number of likely N-dealkylation sites (N-methyl/N-ethyl adjacent to an activating group) is 1. The van der Waals surface area contributed by atoms with Gasteiger partial charge in [0.2, 0.25) is 0 Å². The maximum Gasteiger partial charge on any atom is 0.183 e. The topological polar surface area (TPSA) is 52.6 Å². The Hall–Kier alpha value is -2.17. The number of benzene rings is 2. The highest BCUT2D eigenvalue weighted by atomic mass is 16.3. The minimum absolute atomic E-state index is 0.114. The first kappa shape index (κ1) is 19.2. The molecule has 4 nitrogen and oxygen atoms in total. The number of anilines is 1. The molecule has 134 valence electrons. The predicted molar refractivity (Wildman–Crippen MR) is 103 cm³/mol. The molecule has 0 aromatic heterocycles. The van der Waals surface area contributed by atoms with Crippen LogP contribution in [0.25, 0.3) is 0 Å². The molecule has 0 aliphatic heterocycles. The van der Waals surface area contributed by atoms with Gasteiger partial charge in [0.15, 0.2) is 5.78 Å². The quantitative estimate of drug-likeness (QED) is 0.544. The Morgan fingerprint density at radius 2 is 1.72 bits per heavy atom. The van der Waals surface area contributed by atoms with Gasteiger partial charge in [-0.25, -0.2) is 0 Å². The predicted octanol–water partition coefficient (Wildman–Crippen LogP) is 3.23. The van der Waals surface area contributed by atoms with Gasteiger partial charge in [0.05, 0.1) is 5.54 Å². The second-order valence-corrected chi connectivity index (χ2v) is 6.74. The van der Waals surface area contributed by atoms with Crippen molar-refractivity contribution >= 4 is 11.5 Å². The number of hydrogen-bond donors (Lipinski definition) is 2. The van der Waals surface area contributed by atoms with Crippen molar-refractivity contribution in [2.24, 2.45) is 0 Å². The van der Waals surface area contributed by atoms with Crippen molar-refractivity contribution in [3.63, 3.8) is 0 Å². The molecular formula is C21H28N2O2. The van der Waals surface area contributed by atoms with Crippen LogP contribution in [0.15, 0.2) is 54.6 Å². The fourth-order valence-electron chi connectivity index (χ4n) is 2.80. The fourth-order valence-corrected chi connectivity index (χ4v) is 2.80. The number of aliphatic hydroxyl groups is 1. The second-order valence-electron chi connectivity index (χ2n) is 6.74. The lowest BCUT2D eigenvalue weighted by Crippen LogP contribution is -2.50. The molecule has 0 radical (unpaired) electrons. The number of nitrogens with zero attached hydrogens (tertiary/aromatic N) is 1. The van der Waals surface area contributed by atoms with Gasteiger partial charge in [-0.3, -0.25) is 9.69 Å². The highest BCUT2D eigenvalue weighted by Gasteiger charge is 2.36. The lowest BCUT2D eigenvalue weighted by Gasteiger charge is -2.35. The van der Waals surface area contributed by atoms with Gasteiger partial charge in [-0.05, 0) is 63.7 Å². The molecule has 0 amide bonds. The summed E-state index contributed by atoms with van der Waals surface area (Å²) in [5.41, 5.74) is 2.21. The Balaban J connectivity index is 2.16. The molecule has 1 unspecified atom stereocenters. The summed E-state index contributed by atoms with van der Waals surface area (Å²) in [5.74, 6) is 0.114. The molecule has 0 aliphatic rings. The SMILES string of the molecule is CN(C)C(C)(Cc1ccccc1)C(=O)c1ccc(NCCCO)cc1. The van der Waals surface area contributed by atoms with Gasteiger partial charge in [-0.15, -0.1) is 0 Å². The molecule has 0 aliphatic carbocycles. The molecule has 0 spiro atoms. The first-order chi connectivity index (χ1) is 12.0. The summed E-state index contributed by atoms with van der Waals surface area (Å²) >= 11 is 0. The molecule has 0 saturated carbocycles. The number of ketones is 1. The van der Waals surface area contributed by atoms with Crippen molar-refractivity contribution < 1.29 is 9.90 Å². The van der Waals surface area contributed by atoms with Crippen molar-refractivity contribution in [2.75, 3.05) is 32.6 Å². The van der Waals surface area contributed by atoms with Gasteiger partial charge in [0.1, 0.15) is 0 Å². The normalized spacial score (nSPS) is 13.5. The van der Waals surface area contributed by atoms with Crippen LogP contribution in [0.4, 0.5) is 5.69 Å². The average molecular weight is 340 g/mol. The van der Waals surface area contributed by atoms with Gasteiger partial charge in [-0.2, -0.15) is 0 Å². The van der Waals surface area contributed by atoms with Crippen LogP contribution in [-0.2, 0) is 6.42 Å². The van der Waals surface area contributed by atoms with Crippen LogP contribution in [0, 0.1) is 0 Å². The minimum Gasteiger partial charge on any atom is -0.396 e. The third-order valence-electron chi connectivity index (χ3n) is 4.68. The Morgan fingerprint density at radius 3 is 2.28 bits per heavy atom. The van der Waals surface area contributed by atoms with Crippen molar-refractivity contribution in [3.05, 3.63) is 65.7 Å². The molecule has 1 atom stereocenters. The summed E-state index contributed by atoms with van der Waals surface area (Å²) in [6.07, 6.45) is 1.37. The van der Waals surface area contributed by atoms with Crippen molar-refractivity contribution in [1.82, 2.24) is 4.90 Å². The Kier molecular flexibility index (Phi) is 6.73. The number of rotatable bonds is 9. The minimum atomic E-state index is -0.604. The largest absolute Gasteiger partial charge is 0.396 e.